The van der Waals surface area contributed by atoms with Crippen molar-refractivity contribution in [2.45, 2.75) is 18.6 Å². The summed E-state index contributed by atoms with van der Waals surface area (Å²) in [6.07, 6.45) is -6.06. The first kappa shape index (κ1) is 20.6. The van der Waals surface area contributed by atoms with Crippen molar-refractivity contribution in [1.29, 1.82) is 0 Å². The minimum atomic E-state index is -4.63. The zero-order chi connectivity index (χ0) is 20.2. The summed E-state index contributed by atoms with van der Waals surface area (Å²) >= 11 is 5.69. The van der Waals surface area contributed by atoms with Crippen LogP contribution in [0.5, 0.6) is 0 Å². The van der Waals surface area contributed by atoms with E-state index in [1.165, 1.54) is 24.3 Å². The molecule has 0 aliphatic carbocycles. The molecule has 2 aromatic rings. The molecule has 0 saturated heterocycles. The highest BCUT2D eigenvalue weighted by molar-refractivity contribution is 6.39. The van der Waals surface area contributed by atoms with Gasteiger partial charge in [0.05, 0.1) is 18.2 Å². The van der Waals surface area contributed by atoms with Crippen LogP contribution in [-0.2, 0) is 9.59 Å². The third kappa shape index (κ3) is 6.21. The molecule has 27 heavy (non-hydrogen) atoms. The number of alkyl halides is 3. The van der Waals surface area contributed by atoms with E-state index in [1.54, 1.807) is 0 Å². The van der Waals surface area contributed by atoms with E-state index in [9.17, 15) is 31.5 Å². The van der Waals surface area contributed by atoms with E-state index in [1.807, 2.05) is 10.6 Å². The number of anilines is 1. The van der Waals surface area contributed by atoms with Gasteiger partial charge in [-0.1, -0.05) is 23.7 Å². The fraction of sp³-hybridized carbons (Fsp3) is 0.176. The number of carbonyl (C=O) groups is 2. The van der Waals surface area contributed by atoms with E-state index < -0.39 is 47.8 Å². The molecule has 0 bridgehead atoms. The second-order valence-electron chi connectivity index (χ2n) is 5.48. The summed E-state index contributed by atoms with van der Waals surface area (Å²) in [6.45, 7) is 0. The number of halogens is 6. The summed E-state index contributed by atoms with van der Waals surface area (Å²) in [7, 11) is 0. The van der Waals surface area contributed by atoms with Crippen molar-refractivity contribution in [3.8, 4) is 0 Å². The zero-order valence-corrected chi connectivity index (χ0v) is 14.2. The first-order valence-corrected chi connectivity index (χ1v) is 7.82. The van der Waals surface area contributed by atoms with Gasteiger partial charge >= 0.3 is 18.0 Å². The van der Waals surface area contributed by atoms with Crippen molar-refractivity contribution in [2.75, 3.05) is 5.32 Å². The monoisotopic (exact) mass is 406 g/mol. The first-order chi connectivity index (χ1) is 12.5. The van der Waals surface area contributed by atoms with Gasteiger partial charge in [0.2, 0.25) is 0 Å². The lowest BCUT2D eigenvalue weighted by Gasteiger charge is -2.20. The topological polar surface area (TPSA) is 58.2 Å². The van der Waals surface area contributed by atoms with E-state index in [4.69, 9.17) is 11.6 Å². The van der Waals surface area contributed by atoms with Crippen molar-refractivity contribution in [3.05, 3.63) is 64.7 Å². The highest BCUT2D eigenvalue weighted by Gasteiger charge is 2.34. The Morgan fingerprint density at radius 1 is 1.00 bits per heavy atom. The molecule has 0 heterocycles. The average molecular weight is 407 g/mol. The number of nitrogens with one attached hydrogen (secondary N) is 2. The molecule has 0 unspecified atom stereocenters. The van der Waals surface area contributed by atoms with E-state index in [2.05, 4.69) is 0 Å². The fourth-order valence-electron chi connectivity index (χ4n) is 2.17. The first-order valence-electron chi connectivity index (χ1n) is 7.44. The van der Waals surface area contributed by atoms with Crippen molar-refractivity contribution < 1.29 is 31.5 Å². The van der Waals surface area contributed by atoms with Crippen LogP contribution in [0.2, 0.25) is 5.02 Å². The lowest BCUT2D eigenvalue weighted by atomic mass is 10.0. The largest absolute Gasteiger partial charge is 0.391 e. The van der Waals surface area contributed by atoms with Crippen molar-refractivity contribution >= 4 is 29.1 Å². The maximum Gasteiger partial charge on any atom is 0.391 e. The number of hydrogen-bond acceptors (Lipinski definition) is 2. The van der Waals surface area contributed by atoms with Crippen LogP contribution in [-0.4, -0.2) is 18.0 Å². The van der Waals surface area contributed by atoms with Gasteiger partial charge in [0.25, 0.3) is 0 Å². The Hall–Kier alpha value is -2.68. The molecular weight excluding hydrogens is 395 g/mol. The summed E-state index contributed by atoms with van der Waals surface area (Å²) in [5.74, 6) is -4.85. The van der Waals surface area contributed by atoms with Crippen LogP contribution in [0.1, 0.15) is 18.0 Å². The molecule has 2 amide bonds. The molecule has 10 heteroatoms. The Morgan fingerprint density at radius 2 is 1.63 bits per heavy atom. The summed E-state index contributed by atoms with van der Waals surface area (Å²) < 4.78 is 64.7. The smallest absolute Gasteiger partial charge is 0.341 e. The minimum absolute atomic E-state index is 0.0748. The van der Waals surface area contributed by atoms with Crippen molar-refractivity contribution in [2.24, 2.45) is 0 Å². The van der Waals surface area contributed by atoms with Crippen molar-refractivity contribution in [3.63, 3.8) is 0 Å². The third-order valence-electron chi connectivity index (χ3n) is 3.40. The Bertz CT molecular complexity index is 840. The number of rotatable bonds is 4. The van der Waals surface area contributed by atoms with Gasteiger partial charge in [-0.05, 0) is 29.8 Å². The van der Waals surface area contributed by atoms with Gasteiger partial charge in [-0.25, -0.2) is 8.78 Å². The molecule has 0 spiro atoms. The number of amides is 2. The van der Waals surface area contributed by atoms with Crippen LogP contribution in [0.15, 0.2) is 42.5 Å². The summed E-state index contributed by atoms with van der Waals surface area (Å²) in [4.78, 5) is 23.8. The van der Waals surface area contributed by atoms with E-state index in [0.717, 1.165) is 12.1 Å². The highest BCUT2D eigenvalue weighted by Crippen LogP contribution is 2.30. The molecule has 0 radical (unpaired) electrons. The Kier molecular flexibility index (Phi) is 6.37. The zero-order valence-electron chi connectivity index (χ0n) is 13.4. The molecule has 0 aromatic heterocycles. The molecule has 0 aliphatic heterocycles. The number of benzene rings is 2. The van der Waals surface area contributed by atoms with Crippen molar-refractivity contribution in [1.82, 2.24) is 5.32 Å². The maximum atomic E-state index is 13.5. The quantitative estimate of drug-likeness (QED) is 0.585. The standard InChI is InChI=1S/C17H12ClF5N2O2/c18-10-3-1-9(2-4-10)14(8-17(21,22)23)25-16(27)15(26)24-13-6-5-11(19)7-12(13)20/h1-7,14H,8H2,(H,24,26)(H,25,27)/t14-/m1/s1. The summed E-state index contributed by atoms with van der Waals surface area (Å²) in [5.41, 5.74) is -0.416. The highest BCUT2D eigenvalue weighted by atomic mass is 35.5. The Balaban J connectivity index is 2.14. The van der Waals surface area contributed by atoms with E-state index in [-0.39, 0.29) is 10.6 Å². The summed E-state index contributed by atoms with van der Waals surface area (Å²) in [5, 5.41) is 4.10. The molecule has 0 fully saturated rings. The van der Waals surface area contributed by atoms with Gasteiger partial charge in [-0.15, -0.1) is 0 Å². The Morgan fingerprint density at radius 3 is 2.19 bits per heavy atom. The van der Waals surface area contributed by atoms with Gasteiger partial charge in [0, 0.05) is 11.1 Å². The normalized spacial score (nSPS) is 12.4. The third-order valence-corrected chi connectivity index (χ3v) is 3.65. The molecule has 144 valence electrons. The Labute approximate surface area is 155 Å². The predicted octanol–water partition coefficient (Wildman–Crippen LogP) is 4.37. The second-order valence-corrected chi connectivity index (χ2v) is 5.91. The van der Waals surface area contributed by atoms with Gasteiger partial charge in [-0.3, -0.25) is 9.59 Å². The van der Waals surface area contributed by atoms with Crippen LogP contribution in [0.3, 0.4) is 0 Å². The lowest BCUT2D eigenvalue weighted by molar-refractivity contribution is -0.146. The van der Waals surface area contributed by atoms with Gasteiger partial charge in [0.1, 0.15) is 11.6 Å². The van der Waals surface area contributed by atoms with Gasteiger partial charge in [-0.2, -0.15) is 13.2 Å². The molecule has 0 saturated carbocycles. The van der Waals surface area contributed by atoms with E-state index >= 15 is 0 Å². The average Bonchev–Trinajstić information content (AvgIpc) is 2.56. The molecular formula is C17H12ClF5N2O2. The minimum Gasteiger partial charge on any atom is -0.341 e. The molecule has 0 aliphatic rings. The molecule has 1 atom stereocenters. The lowest BCUT2D eigenvalue weighted by Crippen LogP contribution is -2.39. The van der Waals surface area contributed by atoms with Crippen LogP contribution < -0.4 is 10.6 Å². The van der Waals surface area contributed by atoms with E-state index in [0.29, 0.717) is 6.07 Å². The molecule has 2 aromatic carbocycles. The maximum absolute atomic E-state index is 13.5. The number of carbonyl (C=O) groups excluding carboxylic acids is 2. The molecule has 2 rings (SSSR count). The fourth-order valence-corrected chi connectivity index (χ4v) is 2.30. The van der Waals surface area contributed by atoms with Gasteiger partial charge in [0.15, 0.2) is 0 Å². The number of hydrogen-bond donors (Lipinski definition) is 2. The molecule has 4 nitrogen and oxygen atoms in total. The van der Waals surface area contributed by atoms with Gasteiger partial charge < -0.3 is 10.6 Å². The van der Waals surface area contributed by atoms with Crippen LogP contribution in [0, 0.1) is 11.6 Å². The van der Waals surface area contributed by atoms with Crippen LogP contribution in [0.25, 0.3) is 0 Å². The SMILES string of the molecule is O=C(Nc1ccc(F)cc1F)C(=O)N[C@H](CC(F)(F)F)c1ccc(Cl)cc1. The summed E-state index contributed by atoms with van der Waals surface area (Å²) in [6, 6.07) is 5.86. The van der Waals surface area contributed by atoms with Crippen LogP contribution >= 0.6 is 11.6 Å². The molecule has 2 N–H and O–H groups in total. The van der Waals surface area contributed by atoms with Crippen LogP contribution in [0.4, 0.5) is 27.6 Å². The second kappa shape index (κ2) is 8.34. The predicted molar refractivity (Wildman–Crippen MR) is 88.0 cm³/mol.